The monoisotopic (exact) mass is 510 g/mol. The van der Waals surface area contributed by atoms with Gasteiger partial charge in [0.2, 0.25) is 0 Å². The summed E-state index contributed by atoms with van der Waals surface area (Å²) < 4.78 is 16.6. The van der Waals surface area contributed by atoms with E-state index in [1.165, 1.54) is 13.2 Å². The lowest BCUT2D eigenvalue weighted by atomic mass is 10.2. The van der Waals surface area contributed by atoms with E-state index in [1.807, 2.05) is 43.4 Å². The summed E-state index contributed by atoms with van der Waals surface area (Å²) in [4.78, 5) is 26.0. The zero-order chi connectivity index (χ0) is 20.4. The first kappa shape index (κ1) is 21.9. The third-order valence-corrected chi connectivity index (χ3v) is 5.88. The van der Waals surface area contributed by atoms with Gasteiger partial charge in [0.15, 0.2) is 0 Å². The van der Waals surface area contributed by atoms with Gasteiger partial charge in [-0.1, -0.05) is 11.6 Å². The molecule has 0 saturated carbocycles. The third kappa shape index (κ3) is 5.31. The van der Waals surface area contributed by atoms with Crippen LogP contribution in [0.4, 0.5) is 10.5 Å². The molecule has 2 rings (SSSR count). The number of carbonyl (C=O) groups is 2. The Balaban J connectivity index is 2.15. The van der Waals surface area contributed by atoms with Crippen LogP contribution in [0.5, 0.6) is 5.75 Å². The van der Waals surface area contributed by atoms with E-state index in [0.29, 0.717) is 21.6 Å². The molecule has 27 heavy (non-hydrogen) atoms. The van der Waals surface area contributed by atoms with Crippen LogP contribution < -0.4 is 10.5 Å². The van der Waals surface area contributed by atoms with Gasteiger partial charge in [0.05, 0.1) is 33.0 Å². The summed E-state index contributed by atoms with van der Waals surface area (Å²) in [6.07, 6.45) is 1.31. The van der Waals surface area contributed by atoms with Crippen LogP contribution in [0, 0.1) is 3.57 Å². The molecule has 1 heterocycles. The molecule has 7 nitrogen and oxygen atoms in total. The van der Waals surface area contributed by atoms with E-state index in [9.17, 15) is 9.59 Å². The van der Waals surface area contributed by atoms with Crippen molar-refractivity contribution in [3.05, 3.63) is 20.2 Å². The molecule has 0 radical (unpaired) electrons. The number of carbonyl (C=O) groups excluding carboxylic acids is 2. The number of likely N-dealkylation sites (tertiary alicyclic amines) is 1. The Labute approximate surface area is 177 Å². The number of hydrogen-bond acceptors (Lipinski definition) is 6. The van der Waals surface area contributed by atoms with Gasteiger partial charge in [-0.15, -0.1) is 0 Å². The Bertz CT molecular complexity index is 735. The van der Waals surface area contributed by atoms with Gasteiger partial charge < -0.3 is 24.8 Å². The van der Waals surface area contributed by atoms with Crippen molar-refractivity contribution >= 4 is 51.9 Å². The van der Waals surface area contributed by atoms with E-state index in [1.54, 1.807) is 4.90 Å². The lowest BCUT2D eigenvalue weighted by Crippen LogP contribution is -2.42. The zero-order valence-electron chi connectivity index (χ0n) is 15.8. The van der Waals surface area contributed by atoms with Crippen LogP contribution >= 0.6 is 34.2 Å². The summed E-state index contributed by atoms with van der Waals surface area (Å²) in [5.41, 5.74) is 6.05. The molecule has 1 aliphatic heterocycles. The molecule has 2 N–H and O–H groups in total. The number of amides is 1. The summed E-state index contributed by atoms with van der Waals surface area (Å²) in [6, 6.07) is 1.34. The van der Waals surface area contributed by atoms with Gasteiger partial charge in [-0.2, -0.15) is 0 Å². The first-order valence-corrected chi connectivity index (χ1v) is 9.99. The standard InChI is InChI=1S/C18H24ClIN2O5/c1-18(2,3)27-17(24)22-7-5-6-10(22)9-26-12-8-11(16(23)25-4)13(19)14(20)15(12)21/h8,10H,5-7,9,21H2,1-4H3/t10-/m1/s1. The van der Waals surface area contributed by atoms with E-state index in [-0.39, 0.29) is 29.3 Å². The molecule has 150 valence electrons. The van der Waals surface area contributed by atoms with Crippen molar-refractivity contribution < 1.29 is 23.8 Å². The molecular formula is C18H24ClIN2O5. The molecular weight excluding hydrogens is 487 g/mol. The minimum atomic E-state index is -0.570. The van der Waals surface area contributed by atoms with Crippen molar-refractivity contribution in [2.24, 2.45) is 0 Å². The van der Waals surface area contributed by atoms with Gasteiger partial charge >= 0.3 is 12.1 Å². The van der Waals surface area contributed by atoms with Crippen LogP contribution in [0.15, 0.2) is 6.07 Å². The smallest absolute Gasteiger partial charge is 0.410 e. The predicted molar refractivity (Wildman–Crippen MR) is 111 cm³/mol. The van der Waals surface area contributed by atoms with Crippen molar-refractivity contribution in [1.82, 2.24) is 4.90 Å². The van der Waals surface area contributed by atoms with E-state index in [4.69, 9.17) is 31.5 Å². The average molecular weight is 511 g/mol. The number of benzene rings is 1. The maximum absolute atomic E-state index is 12.4. The van der Waals surface area contributed by atoms with E-state index in [0.717, 1.165) is 12.8 Å². The van der Waals surface area contributed by atoms with E-state index >= 15 is 0 Å². The second-order valence-corrected chi connectivity index (χ2v) is 8.69. The van der Waals surface area contributed by atoms with Crippen molar-refractivity contribution in [3.8, 4) is 5.75 Å². The van der Waals surface area contributed by atoms with Gasteiger partial charge in [-0.25, -0.2) is 9.59 Å². The molecule has 0 aliphatic carbocycles. The van der Waals surface area contributed by atoms with Gasteiger partial charge in [0.25, 0.3) is 0 Å². The lowest BCUT2D eigenvalue weighted by Gasteiger charge is -2.28. The van der Waals surface area contributed by atoms with Crippen LogP contribution in [0.2, 0.25) is 5.02 Å². The average Bonchev–Trinajstić information content (AvgIpc) is 3.05. The highest BCUT2D eigenvalue weighted by atomic mass is 127. The molecule has 1 atom stereocenters. The minimum absolute atomic E-state index is 0.130. The molecule has 1 amide bonds. The second kappa shape index (κ2) is 8.72. The SMILES string of the molecule is COC(=O)c1cc(OC[C@H]2CCCN2C(=O)OC(C)(C)C)c(N)c(I)c1Cl. The maximum Gasteiger partial charge on any atom is 0.410 e. The molecule has 0 aromatic heterocycles. The highest BCUT2D eigenvalue weighted by Crippen LogP contribution is 2.36. The fraction of sp³-hybridized carbons (Fsp3) is 0.556. The number of nitrogen functional groups attached to an aromatic ring is 1. The number of nitrogens with two attached hydrogens (primary N) is 1. The molecule has 1 fully saturated rings. The molecule has 0 spiro atoms. The number of ether oxygens (including phenoxy) is 3. The van der Waals surface area contributed by atoms with Crippen molar-refractivity contribution in [3.63, 3.8) is 0 Å². The fourth-order valence-corrected chi connectivity index (χ4v) is 3.54. The Hall–Kier alpha value is -1.42. The number of methoxy groups -OCH3 is 1. The van der Waals surface area contributed by atoms with Crippen molar-refractivity contribution in [2.75, 3.05) is 26.0 Å². The van der Waals surface area contributed by atoms with Crippen LogP contribution in [-0.2, 0) is 9.47 Å². The third-order valence-electron chi connectivity index (χ3n) is 4.05. The molecule has 0 bridgehead atoms. The molecule has 9 heteroatoms. The minimum Gasteiger partial charge on any atom is -0.489 e. The normalized spacial score (nSPS) is 17.0. The number of esters is 1. The number of nitrogens with zero attached hydrogens (tertiary/aromatic N) is 1. The number of rotatable bonds is 4. The van der Waals surface area contributed by atoms with Crippen LogP contribution in [-0.4, -0.2) is 48.9 Å². The van der Waals surface area contributed by atoms with Crippen LogP contribution in [0.3, 0.4) is 0 Å². The van der Waals surface area contributed by atoms with E-state index in [2.05, 4.69) is 0 Å². The van der Waals surface area contributed by atoms with Gasteiger partial charge in [0.1, 0.15) is 18.0 Å². The lowest BCUT2D eigenvalue weighted by molar-refractivity contribution is 0.0188. The Morgan fingerprint density at radius 3 is 2.67 bits per heavy atom. The maximum atomic E-state index is 12.4. The van der Waals surface area contributed by atoms with Gasteiger partial charge in [0, 0.05) is 6.54 Å². The van der Waals surface area contributed by atoms with E-state index < -0.39 is 11.6 Å². The topological polar surface area (TPSA) is 91.1 Å². The molecule has 1 aliphatic rings. The number of anilines is 1. The summed E-state index contributed by atoms with van der Waals surface area (Å²) in [5.74, 6) is -0.237. The first-order chi connectivity index (χ1) is 12.5. The zero-order valence-corrected chi connectivity index (χ0v) is 18.7. The van der Waals surface area contributed by atoms with Crippen molar-refractivity contribution in [2.45, 2.75) is 45.3 Å². The fourth-order valence-electron chi connectivity index (χ4n) is 2.75. The second-order valence-electron chi connectivity index (χ2n) is 7.24. The summed E-state index contributed by atoms with van der Waals surface area (Å²) in [7, 11) is 1.28. The molecule has 0 unspecified atom stereocenters. The Morgan fingerprint density at radius 1 is 1.41 bits per heavy atom. The quantitative estimate of drug-likeness (QED) is 0.373. The molecule has 1 aromatic carbocycles. The van der Waals surface area contributed by atoms with Crippen LogP contribution in [0.1, 0.15) is 44.0 Å². The van der Waals surface area contributed by atoms with Gasteiger partial charge in [-0.05, 0) is 62.3 Å². The highest BCUT2D eigenvalue weighted by Gasteiger charge is 2.33. The largest absolute Gasteiger partial charge is 0.489 e. The summed E-state index contributed by atoms with van der Waals surface area (Å²) >= 11 is 8.14. The van der Waals surface area contributed by atoms with Crippen LogP contribution in [0.25, 0.3) is 0 Å². The number of halogens is 2. The number of hydrogen-bond donors (Lipinski definition) is 1. The predicted octanol–water partition coefficient (Wildman–Crippen LogP) is 4.09. The summed E-state index contributed by atoms with van der Waals surface area (Å²) in [5, 5.41) is 0.226. The Kier molecular flexibility index (Phi) is 7.07. The molecule has 1 saturated heterocycles. The van der Waals surface area contributed by atoms with Gasteiger partial charge in [-0.3, -0.25) is 0 Å². The first-order valence-electron chi connectivity index (χ1n) is 8.53. The molecule has 1 aromatic rings. The highest BCUT2D eigenvalue weighted by molar-refractivity contribution is 14.1. The Morgan fingerprint density at radius 2 is 2.07 bits per heavy atom. The summed E-state index contributed by atoms with van der Waals surface area (Å²) in [6.45, 7) is 6.34. The van der Waals surface area contributed by atoms with Crippen molar-refractivity contribution in [1.29, 1.82) is 0 Å².